The van der Waals surface area contributed by atoms with Crippen LogP contribution >= 0.6 is 0 Å². The molecule has 128 valence electrons. The van der Waals surface area contributed by atoms with E-state index in [2.05, 4.69) is 25.0 Å². The molecule has 4 aromatic rings. The van der Waals surface area contributed by atoms with Crippen LogP contribution in [0, 0.1) is 11.6 Å². The molecule has 0 fully saturated rings. The Bertz CT molecular complexity index is 1060. The zero-order valence-corrected chi connectivity index (χ0v) is 11.9. The number of aromatic amines is 2. The number of hydrogen-bond acceptors (Lipinski definition) is 4. The molecule has 4 rings (SSSR count). The van der Waals surface area contributed by atoms with Gasteiger partial charge in [-0.3, -0.25) is 9.50 Å². The lowest BCUT2D eigenvalue weighted by molar-refractivity contribution is -0.144. The third-order valence-electron chi connectivity index (χ3n) is 3.38. The van der Waals surface area contributed by atoms with Gasteiger partial charge in [0, 0.05) is 12.3 Å². The maximum atomic E-state index is 13.6. The summed E-state index contributed by atoms with van der Waals surface area (Å²) in [5.41, 5.74) is 0.323. The second-order valence-corrected chi connectivity index (χ2v) is 4.98. The first-order valence-corrected chi connectivity index (χ1v) is 6.70. The molecule has 4 aromatic heterocycles. The molecule has 0 amide bonds. The number of nitrogens with one attached hydrogen (secondary N) is 2. The van der Waals surface area contributed by atoms with E-state index < -0.39 is 23.6 Å². The summed E-state index contributed by atoms with van der Waals surface area (Å²) >= 11 is 0. The highest BCUT2D eigenvalue weighted by atomic mass is 19.4. The molecule has 0 aromatic carbocycles. The molecule has 25 heavy (non-hydrogen) atoms. The van der Waals surface area contributed by atoms with Gasteiger partial charge in [-0.15, -0.1) is 0 Å². The predicted molar refractivity (Wildman–Crippen MR) is 73.1 cm³/mol. The van der Waals surface area contributed by atoms with E-state index in [1.165, 1.54) is 16.9 Å². The van der Waals surface area contributed by atoms with Gasteiger partial charge in [-0.1, -0.05) is 0 Å². The van der Waals surface area contributed by atoms with Gasteiger partial charge in [-0.25, -0.2) is 23.7 Å². The Morgan fingerprint density at radius 2 is 1.88 bits per heavy atom. The van der Waals surface area contributed by atoms with E-state index in [-0.39, 0.29) is 22.9 Å². The van der Waals surface area contributed by atoms with Gasteiger partial charge in [0.2, 0.25) is 11.6 Å². The summed E-state index contributed by atoms with van der Waals surface area (Å²) in [5.74, 6) is -3.98. The van der Waals surface area contributed by atoms with Crippen molar-refractivity contribution in [2.45, 2.75) is 6.18 Å². The molecule has 0 aliphatic rings. The lowest BCUT2D eigenvalue weighted by Gasteiger charge is -2.01. The number of H-pyrrole nitrogens is 2. The van der Waals surface area contributed by atoms with Crippen LogP contribution in [0.3, 0.4) is 0 Å². The van der Waals surface area contributed by atoms with E-state index in [0.717, 1.165) is 12.3 Å². The quantitative estimate of drug-likeness (QED) is 0.541. The number of nitrogens with zero attached hydrogens (tertiary/aromatic N) is 5. The predicted octanol–water partition coefficient (Wildman–Crippen LogP) is 2.81. The molecular formula is C13H6F5N7. The first-order valence-electron chi connectivity index (χ1n) is 6.70. The summed E-state index contributed by atoms with van der Waals surface area (Å²) in [5, 5.41) is 5.28. The normalized spacial score (nSPS) is 12.2. The monoisotopic (exact) mass is 355 g/mol. The average molecular weight is 355 g/mol. The van der Waals surface area contributed by atoms with E-state index >= 15 is 0 Å². The Balaban J connectivity index is 2.00. The van der Waals surface area contributed by atoms with Gasteiger partial charge in [0.25, 0.3) is 0 Å². The fraction of sp³-hybridized carbons (Fsp3) is 0.0769. The molecule has 0 unspecified atom stereocenters. The summed E-state index contributed by atoms with van der Waals surface area (Å²) in [6, 6.07) is 0.816. The van der Waals surface area contributed by atoms with Gasteiger partial charge >= 0.3 is 6.18 Å². The molecule has 0 spiro atoms. The van der Waals surface area contributed by atoms with Crippen LogP contribution in [0.15, 0.2) is 24.8 Å². The maximum Gasteiger partial charge on any atom is 0.451 e. The molecule has 12 heteroatoms. The summed E-state index contributed by atoms with van der Waals surface area (Å²) in [6.07, 6.45) is -1.23. The molecule has 0 atom stereocenters. The topological polar surface area (TPSA) is 87.5 Å². The summed E-state index contributed by atoms with van der Waals surface area (Å²) in [6.45, 7) is 0. The Kier molecular flexibility index (Phi) is 3.10. The van der Waals surface area contributed by atoms with Crippen LogP contribution in [0.2, 0.25) is 0 Å². The summed E-state index contributed by atoms with van der Waals surface area (Å²) in [4.78, 5) is 14.0. The smallest absolute Gasteiger partial charge is 0.343 e. The molecule has 7 nitrogen and oxygen atoms in total. The Labute approximate surface area is 134 Å². The summed E-state index contributed by atoms with van der Waals surface area (Å²) in [7, 11) is 0. The van der Waals surface area contributed by atoms with Crippen molar-refractivity contribution in [1.82, 2.24) is 34.5 Å². The zero-order chi connectivity index (χ0) is 17.8. The molecule has 0 radical (unpaired) electrons. The summed E-state index contributed by atoms with van der Waals surface area (Å²) < 4.78 is 66.4. The molecule has 0 saturated carbocycles. The van der Waals surface area contributed by atoms with Crippen molar-refractivity contribution >= 4 is 5.65 Å². The molecule has 2 N–H and O–H groups in total. The van der Waals surface area contributed by atoms with Crippen molar-refractivity contribution in [3.63, 3.8) is 0 Å². The van der Waals surface area contributed by atoms with E-state index in [1.807, 2.05) is 0 Å². The minimum Gasteiger partial charge on any atom is -0.343 e. The van der Waals surface area contributed by atoms with Crippen molar-refractivity contribution in [3.05, 3.63) is 42.2 Å². The number of alkyl halides is 3. The van der Waals surface area contributed by atoms with Crippen LogP contribution < -0.4 is 0 Å². The molecular weight excluding hydrogens is 349 g/mol. The second kappa shape index (κ2) is 5.09. The third-order valence-corrected chi connectivity index (χ3v) is 3.38. The van der Waals surface area contributed by atoms with Crippen molar-refractivity contribution in [3.8, 4) is 22.9 Å². The average Bonchev–Trinajstić information content (AvgIpc) is 3.25. The Morgan fingerprint density at radius 3 is 2.52 bits per heavy atom. The molecule has 0 aliphatic carbocycles. The lowest BCUT2D eigenvalue weighted by Crippen LogP contribution is -2.07. The number of rotatable bonds is 2. The highest BCUT2D eigenvalue weighted by Crippen LogP contribution is 2.32. The van der Waals surface area contributed by atoms with Crippen LogP contribution in [0.25, 0.3) is 28.6 Å². The fourth-order valence-corrected chi connectivity index (χ4v) is 2.33. The van der Waals surface area contributed by atoms with Crippen molar-refractivity contribution in [2.24, 2.45) is 0 Å². The standard InChI is InChI=1S/C13H6F5N7/c14-5-1-8-21-9(11-22-12(24-23-11)13(16,17)18)10(7-2-19-4-20-7)25(8)3-6(5)15/h1-4H,(H,19,20)(H,22,23,24). The number of hydrogen-bond donors (Lipinski definition) is 2. The fourth-order valence-electron chi connectivity index (χ4n) is 2.33. The maximum absolute atomic E-state index is 13.6. The van der Waals surface area contributed by atoms with E-state index in [9.17, 15) is 22.0 Å². The molecule has 4 heterocycles. The van der Waals surface area contributed by atoms with Crippen molar-refractivity contribution in [2.75, 3.05) is 0 Å². The molecule has 0 aliphatic heterocycles. The minimum atomic E-state index is -4.73. The van der Waals surface area contributed by atoms with Gasteiger partial charge < -0.3 is 4.98 Å². The van der Waals surface area contributed by atoms with Gasteiger partial charge in [0.05, 0.1) is 18.2 Å². The number of aromatic nitrogens is 7. The SMILES string of the molecule is Fc1cc2nc(-c3n[nH]c(C(F)(F)F)n3)c(-c3cnc[nH]3)n2cc1F. The van der Waals surface area contributed by atoms with Gasteiger partial charge in [0.1, 0.15) is 17.0 Å². The van der Waals surface area contributed by atoms with Gasteiger partial charge in [0.15, 0.2) is 11.6 Å². The van der Waals surface area contributed by atoms with E-state index in [0.29, 0.717) is 5.69 Å². The van der Waals surface area contributed by atoms with Crippen molar-refractivity contribution < 1.29 is 22.0 Å². The number of fused-ring (bicyclic) bond motifs is 1. The number of imidazole rings is 2. The van der Waals surface area contributed by atoms with Crippen molar-refractivity contribution in [1.29, 1.82) is 0 Å². The van der Waals surface area contributed by atoms with E-state index in [1.54, 1.807) is 5.10 Å². The number of pyridine rings is 1. The van der Waals surface area contributed by atoms with E-state index in [4.69, 9.17) is 0 Å². The Hall–Kier alpha value is -3.31. The van der Waals surface area contributed by atoms with Gasteiger partial charge in [-0.05, 0) is 0 Å². The van der Waals surface area contributed by atoms with Crippen LogP contribution in [0.5, 0.6) is 0 Å². The van der Waals surface area contributed by atoms with Gasteiger partial charge in [-0.2, -0.15) is 18.3 Å². The lowest BCUT2D eigenvalue weighted by atomic mass is 10.2. The van der Waals surface area contributed by atoms with Crippen LogP contribution in [0.4, 0.5) is 22.0 Å². The minimum absolute atomic E-state index is 0.0307. The number of halogens is 5. The molecule has 0 bridgehead atoms. The zero-order valence-electron chi connectivity index (χ0n) is 11.9. The van der Waals surface area contributed by atoms with Crippen LogP contribution in [-0.4, -0.2) is 34.5 Å². The first-order chi connectivity index (χ1) is 11.8. The van der Waals surface area contributed by atoms with Crippen LogP contribution in [0.1, 0.15) is 5.82 Å². The van der Waals surface area contributed by atoms with Crippen LogP contribution in [-0.2, 0) is 6.18 Å². The molecule has 0 saturated heterocycles. The first kappa shape index (κ1) is 15.2. The third kappa shape index (κ3) is 2.42. The highest BCUT2D eigenvalue weighted by Gasteiger charge is 2.36. The highest BCUT2D eigenvalue weighted by molar-refractivity contribution is 5.77. The largest absolute Gasteiger partial charge is 0.451 e. The second-order valence-electron chi connectivity index (χ2n) is 4.98. The Morgan fingerprint density at radius 1 is 1.08 bits per heavy atom.